The number of allylic oxidation sites excluding steroid dienone is 1. The van der Waals surface area contributed by atoms with Crippen LogP contribution in [0.15, 0.2) is 54.6 Å². The van der Waals surface area contributed by atoms with Gasteiger partial charge in [-0.1, -0.05) is 48.6 Å². The van der Waals surface area contributed by atoms with E-state index in [0.29, 0.717) is 6.61 Å². The lowest BCUT2D eigenvalue weighted by Crippen LogP contribution is -1.99. The fourth-order valence-electron chi connectivity index (χ4n) is 1.83. The van der Waals surface area contributed by atoms with Gasteiger partial charge in [-0.25, -0.2) is 0 Å². The summed E-state index contributed by atoms with van der Waals surface area (Å²) in [5.74, 6) is 0.284. The maximum absolute atomic E-state index is 11.1. The Hall–Kier alpha value is -2.62. The van der Waals surface area contributed by atoms with E-state index in [4.69, 9.17) is 4.74 Å². The largest absolute Gasteiger partial charge is 0.482 e. The fraction of sp³-hybridized carbons (Fsp3) is 0.125. The molecule has 0 fully saturated rings. The van der Waals surface area contributed by atoms with E-state index in [9.17, 15) is 10.1 Å². The van der Waals surface area contributed by atoms with E-state index in [0.717, 1.165) is 11.1 Å². The predicted molar refractivity (Wildman–Crippen MR) is 78.6 cm³/mol. The second kappa shape index (κ2) is 6.52. The molecule has 0 atom stereocenters. The molecule has 2 aromatic rings. The predicted octanol–water partition coefficient (Wildman–Crippen LogP) is 4.21. The van der Waals surface area contributed by atoms with Crippen LogP contribution in [0.3, 0.4) is 0 Å². The van der Waals surface area contributed by atoms with E-state index in [-0.39, 0.29) is 11.4 Å². The Morgan fingerprint density at radius 1 is 1.20 bits per heavy atom. The highest BCUT2D eigenvalue weighted by atomic mass is 16.6. The number of nitrogens with zero attached hydrogens (tertiary/aromatic N) is 1. The molecule has 0 amide bonds. The summed E-state index contributed by atoms with van der Waals surface area (Å²) in [6, 6.07) is 14.5. The Kier molecular flexibility index (Phi) is 4.50. The van der Waals surface area contributed by atoms with Crippen molar-refractivity contribution < 1.29 is 9.66 Å². The minimum Gasteiger partial charge on any atom is -0.482 e. The Labute approximate surface area is 117 Å². The molecular weight excluding hydrogens is 254 g/mol. The molecule has 20 heavy (non-hydrogen) atoms. The van der Waals surface area contributed by atoms with E-state index in [2.05, 4.69) is 0 Å². The van der Waals surface area contributed by atoms with Crippen LogP contribution in [0.4, 0.5) is 5.69 Å². The van der Waals surface area contributed by atoms with Crippen LogP contribution < -0.4 is 4.74 Å². The summed E-state index contributed by atoms with van der Waals surface area (Å²) >= 11 is 0. The number of hydrogen-bond acceptors (Lipinski definition) is 3. The van der Waals surface area contributed by atoms with Crippen molar-refractivity contribution in [1.82, 2.24) is 0 Å². The summed E-state index contributed by atoms with van der Waals surface area (Å²) in [6.45, 7) is 2.18. The van der Waals surface area contributed by atoms with E-state index in [1.165, 1.54) is 6.07 Å². The molecule has 4 nitrogen and oxygen atoms in total. The van der Waals surface area contributed by atoms with Gasteiger partial charge in [-0.05, 0) is 24.1 Å². The van der Waals surface area contributed by atoms with E-state index in [1.54, 1.807) is 12.1 Å². The van der Waals surface area contributed by atoms with Crippen LogP contribution in [-0.4, -0.2) is 4.92 Å². The van der Waals surface area contributed by atoms with Crippen molar-refractivity contribution in [3.8, 4) is 5.75 Å². The number of hydrogen-bond donors (Lipinski definition) is 0. The van der Waals surface area contributed by atoms with Gasteiger partial charge in [0.15, 0.2) is 5.75 Å². The van der Waals surface area contributed by atoms with Crippen LogP contribution in [0.2, 0.25) is 0 Å². The average Bonchev–Trinajstić information content (AvgIpc) is 2.47. The van der Waals surface area contributed by atoms with Gasteiger partial charge in [-0.2, -0.15) is 0 Å². The molecule has 0 saturated heterocycles. The van der Waals surface area contributed by atoms with Crippen molar-refractivity contribution in [2.45, 2.75) is 13.5 Å². The van der Waals surface area contributed by atoms with E-state index in [1.807, 2.05) is 49.4 Å². The maximum Gasteiger partial charge on any atom is 0.311 e. The van der Waals surface area contributed by atoms with Gasteiger partial charge < -0.3 is 4.74 Å². The van der Waals surface area contributed by atoms with Gasteiger partial charge in [-0.3, -0.25) is 10.1 Å². The molecule has 0 saturated carbocycles. The third-order valence-electron chi connectivity index (χ3n) is 2.78. The molecule has 0 aliphatic carbocycles. The molecule has 0 aliphatic heterocycles. The van der Waals surface area contributed by atoms with Crippen LogP contribution in [-0.2, 0) is 6.61 Å². The second-order valence-corrected chi connectivity index (χ2v) is 4.26. The molecule has 0 unspecified atom stereocenters. The highest BCUT2D eigenvalue weighted by molar-refractivity contribution is 5.58. The third kappa shape index (κ3) is 3.45. The highest BCUT2D eigenvalue weighted by Gasteiger charge is 2.15. The zero-order valence-electron chi connectivity index (χ0n) is 11.2. The number of ether oxygens (including phenoxy) is 1. The Morgan fingerprint density at radius 2 is 1.95 bits per heavy atom. The van der Waals surface area contributed by atoms with Gasteiger partial charge in [0.1, 0.15) is 6.61 Å². The minimum atomic E-state index is -0.423. The summed E-state index contributed by atoms with van der Waals surface area (Å²) in [4.78, 5) is 10.7. The lowest BCUT2D eigenvalue weighted by Gasteiger charge is -2.07. The van der Waals surface area contributed by atoms with Crippen molar-refractivity contribution in [2.75, 3.05) is 0 Å². The maximum atomic E-state index is 11.1. The lowest BCUT2D eigenvalue weighted by atomic mass is 10.1. The number of nitro groups is 1. The van der Waals surface area contributed by atoms with Gasteiger partial charge >= 0.3 is 5.69 Å². The highest BCUT2D eigenvalue weighted by Crippen LogP contribution is 2.29. The number of rotatable bonds is 5. The first-order chi connectivity index (χ1) is 9.70. The lowest BCUT2D eigenvalue weighted by molar-refractivity contribution is -0.386. The SMILES string of the molecule is CC=Cc1ccc(OCc2ccccc2)c([N+](=O)[O-])c1. The van der Waals surface area contributed by atoms with Crippen LogP contribution in [0.25, 0.3) is 6.08 Å². The van der Waals surface area contributed by atoms with Crippen molar-refractivity contribution in [3.63, 3.8) is 0 Å². The van der Waals surface area contributed by atoms with Crippen LogP contribution in [0.1, 0.15) is 18.1 Å². The minimum absolute atomic E-state index is 0.0171. The first-order valence-corrected chi connectivity index (χ1v) is 6.28. The summed E-state index contributed by atoms with van der Waals surface area (Å²) in [5.41, 5.74) is 1.74. The molecule has 2 aromatic carbocycles. The van der Waals surface area contributed by atoms with Gasteiger partial charge in [0, 0.05) is 6.07 Å². The molecule has 4 heteroatoms. The molecule has 0 N–H and O–H groups in total. The zero-order chi connectivity index (χ0) is 14.4. The average molecular weight is 269 g/mol. The molecule has 0 bridgehead atoms. The summed E-state index contributed by atoms with van der Waals surface area (Å²) in [5, 5.41) is 11.1. The molecule has 0 aliphatic rings. The summed E-state index contributed by atoms with van der Waals surface area (Å²) in [7, 11) is 0. The Bertz CT molecular complexity index is 621. The first kappa shape index (κ1) is 13.8. The molecule has 2 rings (SSSR count). The van der Waals surface area contributed by atoms with Crippen molar-refractivity contribution in [3.05, 3.63) is 75.8 Å². The fourth-order valence-corrected chi connectivity index (χ4v) is 1.83. The van der Waals surface area contributed by atoms with Crippen molar-refractivity contribution >= 4 is 11.8 Å². The number of nitro benzene ring substituents is 1. The molecule has 0 aromatic heterocycles. The quantitative estimate of drug-likeness (QED) is 0.603. The molecule has 0 heterocycles. The normalized spacial score (nSPS) is 10.7. The molecule has 0 spiro atoms. The topological polar surface area (TPSA) is 52.4 Å². The Balaban J connectivity index is 2.20. The first-order valence-electron chi connectivity index (χ1n) is 6.28. The van der Waals surface area contributed by atoms with E-state index < -0.39 is 4.92 Å². The molecule has 102 valence electrons. The van der Waals surface area contributed by atoms with E-state index >= 15 is 0 Å². The van der Waals surface area contributed by atoms with Gasteiger partial charge in [0.2, 0.25) is 0 Å². The summed E-state index contributed by atoms with van der Waals surface area (Å²) < 4.78 is 5.55. The Morgan fingerprint density at radius 3 is 2.60 bits per heavy atom. The van der Waals surface area contributed by atoms with Crippen LogP contribution >= 0.6 is 0 Å². The number of benzene rings is 2. The summed E-state index contributed by atoms with van der Waals surface area (Å²) in [6.07, 6.45) is 3.65. The standard InChI is InChI=1S/C16H15NO3/c1-2-6-13-9-10-16(15(11-13)17(18)19)20-12-14-7-4-3-5-8-14/h2-11H,12H2,1H3. The van der Waals surface area contributed by atoms with Gasteiger partial charge in [0.05, 0.1) is 4.92 Å². The van der Waals surface area contributed by atoms with Gasteiger partial charge in [-0.15, -0.1) is 0 Å². The van der Waals surface area contributed by atoms with Gasteiger partial charge in [0.25, 0.3) is 0 Å². The smallest absolute Gasteiger partial charge is 0.311 e. The molecular formula is C16H15NO3. The van der Waals surface area contributed by atoms with Crippen molar-refractivity contribution in [2.24, 2.45) is 0 Å². The third-order valence-corrected chi connectivity index (χ3v) is 2.78. The zero-order valence-corrected chi connectivity index (χ0v) is 11.2. The van der Waals surface area contributed by atoms with Crippen molar-refractivity contribution in [1.29, 1.82) is 0 Å². The second-order valence-electron chi connectivity index (χ2n) is 4.26. The monoisotopic (exact) mass is 269 g/mol. The van der Waals surface area contributed by atoms with Crippen LogP contribution in [0, 0.1) is 10.1 Å². The van der Waals surface area contributed by atoms with Crippen LogP contribution in [0.5, 0.6) is 5.75 Å². The molecule has 0 radical (unpaired) electrons.